The van der Waals surface area contributed by atoms with Crippen molar-refractivity contribution in [2.75, 3.05) is 0 Å². The highest BCUT2D eigenvalue weighted by molar-refractivity contribution is 8.01. The van der Waals surface area contributed by atoms with Crippen molar-refractivity contribution in [3.63, 3.8) is 0 Å². The maximum Gasteiger partial charge on any atom is 0.336 e. The quantitative estimate of drug-likeness (QED) is 0.296. The molecule has 1 unspecified atom stereocenters. The van der Waals surface area contributed by atoms with Gasteiger partial charge in [0, 0.05) is 22.5 Å². The van der Waals surface area contributed by atoms with E-state index in [-0.39, 0.29) is 5.82 Å². The van der Waals surface area contributed by atoms with Crippen molar-refractivity contribution >= 4 is 34.1 Å². The third-order valence-electron chi connectivity index (χ3n) is 5.38. The predicted octanol–water partition coefficient (Wildman–Crippen LogP) is 6.46. The minimum absolute atomic E-state index is 0.334. The largest absolute Gasteiger partial charge is 0.423 e. The molecule has 1 atom stereocenters. The lowest BCUT2D eigenvalue weighted by atomic mass is 9.95. The summed E-state index contributed by atoms with van der Waals surface area (Å²) in [6, 6.07) is 22.5. The number of rotatable bonds is 5. The first-order chi connectivity index (χ1) is 15.9. The SMILES string of the molecule is CC(O)(c1ccccc1)c1cnc(Sc2ccc3c(-c4ccc(F)cc4)cc(=O)oc3c2)s1. The molecule has 0 bridgehead atoms. The smallest absolute Gasteiger partial charge is 0.336 e. The summed E-state index contributed by atoms with van der Waals surface area (Å²) >= 11 is 2.84. The molecule has 2 heterocycles. The fraction of sp³-hybridized carbons (Fsp3) is 0.0769. The Bertz CT molecular complexity index is 1490. The second-order valence-corrected chi connectivity index (χ2v) is 10.0. The van der Waals surface area contributed by atoms with Gasteiger partial charge < -0.3 is 9.52 Å². The van der Waals surface area contributed by atoms with E-state index < -0.39 is 11.2 Å². The van der Waals surface area contributed by atoms with Gasteiger partial charge in [0.1, 0.15) is 17.0 Å². The van der Waals surface area contributed by atoms with Crippen LogP contribution in [0.3, 0.4) is 0 Å². The Balaban J connectivity index is 1.46. The molecule has 4 nitrogen and oxygen atoms in total. The summed E-state index contributed by atoms with van der Waals surface area (Å²) in [5, 5.41) is 11.8. The Labute approximate surface area is 197 Å². The molecular formula is C26H18FNO3S2. The maximum atomic E-state index is 13.3. The molecule has 164 valence electrons. The number of fused-ring (bicyclic) bond motifs is 1. The monoisotopic (exact) mass is 475 g/mol. The lowest BCUT2D eigenvalue weighted by molar-refractivity contribution is 0.106. The van der Waals surface area contributed by atoms with Gasteiger partial charge in [-0.05, 0) is 53.9 Å². The normalized spacial score (nSPS) is 13.2. The molecule has 0 fully saturated rings. The highest BCUT2D eigenvalue weighted by atomic mass is 32.2. The highest BCUT2D eigenvalue weighted by Gasteiger charge is 2.28. The van der Waals surface area contributed by atoms with Crippen molar-refractivity contribution < 1.29 is 13.9 Å². The molecule has 7 heteroatoms. The van der Waals surface area contributed by atoms with Crippen LogP contribution in [0.5, 0.6) is 0 Å². The van der Waals surface area contributed by atoms with E-state index in [2.05, 4.69) is 4.98 Å². The van der Waals surface area contributed by atoms with Gasteiger partial charge in [-0.1, -0.05) is 54.2 Å². The number of thiazole rings is 1. The van der Waals surface area contributed by atoms with Gasteiger partial charge in [-0.2, -0.15) is 0 Å². The fourth-order valence-corrected chi connectivity index (χ4v) is 5.66. The van der Waals surface area contributed by atoms with Crippen LogP contribution in [-0.2, 0) is 5.60 Å². The van der Waals surface area contributed by atoms with Gasteiger partial charge in [-0.15, -0.1) is 11.3 Å². The van der Waals surface area contributed by atoms with Crippen LogP contribution in [0.25, 0.3) is 22.1 Å². The Kier molecular flexibility index (Phi) is 5.62. The van der Waals surface area contributed by atoms with Crippen molar-refractivity contribution in [2.24, 2.45) is 0 Å². The maximum absolute atomic E-state index is 13.3. The van der Waals surface area contributed by atoms with Crippen molar-refractivity contribution in [3.8, 4) is 11.1 Å². The van der Waals surface area contributed by atoms with Gasteiger partial charge in [0.05, 0.1) is 4.88 Å². The average molecular weight is 476 g/mol. The average Bonchev–Trinajstić information content (AvgIpc) is 3.29. The molecule has 0 radical (unpaired) electrons. The standard InChI is InChI=1S/C26H18FNO3S2/c1-26(30,17-5-3-2-4-6-17)23-15-28-25(33-23)32-19-11-12-20-21(14-24(29)31-22(20)13-19)16-7-9-18(27)10-8-16/h2-15,30H,1H3. The van der Waals surface area contributed by atoms with Gasteiger partial charge in [-0.25, -0.2) is 14.2 Å². The molecule has 33 heavy (non-hydrogen) atoms. The molecule has 0 saturated carbocycles. The van der Waals surface area contributed by atoms with Gasteiger partial charge in [0.15, 0.2) is 4.34 Å². The Hall–Kier alpha value is -3.26. The molecule has 0 aliphatic rings. The summed E-state index contributed by atoms with van der Waals surface area (Å²) in [5.41, 5.74) is 1.05. The predicted molar refractivity (Wildman–Crippen MR) is 129 cm³/mol. The third kappa shape index (κ3) is 4.35. The van der Waals surface area contributed by atoms with Crippen molar-refractivity contribution in [1.82, 2.24) is 4.98 Å². The number of hydrogen-bond donors (Lipinski definition) is 1. The second kappa shape index (κ2) is 8.59. The number of nitrogens with zero attached hydrogens (tertiary/aromatic N) is 1. The fourth-order valence-electron chi connectivity index (χ4n) is 3.61. The van der Waals surface area contributed by atoms with Crippen LogP contribution in [0.15, 0.2) is 104 Å². The van der Waals surface area contributed by atoms with E-state index in [0.717, 1.165) is 30.6 Å². The van der Waals surface area contributed by atoms with E-state index in [1.54, 1.807) is 31.3 Å². The van der Waals surface area contributed by atoms with Crippen molar-refractivity contribution in [1.29, 1.82) is 0 Å². The van der Waals surface area contributed by atoms with E-state index in [9.17, 15) is 14.3 Å². The molecule has 0 spiro atoms. The first-order valence-corrected chi connectivity index (χ1v) is 11.8. The van der Waals surface area contributed by atoms with E-state index in [1.165, 1.54) is 41.3 Å². The summed E-state index contributed by atoms with van der Waals surface area (Å²) in [6.45, 7) is 1.76. The number of aromatic nitrogens is 1. The van der Waals surface area contributed by atoms with Gasteiger partial charge in [0.25, 0.3) is 0 Å². The Morgan fingerprint density at radius 2 is 1.79 bits per heavy atom. The minimum Gasteiger partial charge on any atom is -0.423 e. The van der Waals surface area contributed by atoms with Crippen LogP contribution in [0.4, 0.5) is 4.39 Å². The molecule has 5 rings (SSSR count). The molecule has 2 aromatic heterocycles. The van der Waals surface area contributed by atoms with Crippen molar-refractivity contribution in [3.05, 3.63) is 112 Å². The number of benzene rings is 3. The number of halogens is 1. The van der Waals surface area contributed by atoms with E-state index >= 15 is 0 Å². The topological polar surface area (TPSA) is 63.3 Å². The lowest BCUT2D eigenvalue weighted by Gasteiger charge is -2.21. The summed E-state index contributed by atoms with van der Waals surface area (Å²) in [4.78, 5) is 18.2. The van der Waals surface area contributed by atoms with E-state index in [4.69, 9.17) is 4.42 Å². The first-order valence-electron chi connectivity index (χ1n) is 10.2. The zero-order chi connectivity index (χ0) is 23.0. The summed E-state index contributed by atoms with van der Waals surface area (Å²) in [6.07, 6.45) is 1.69. The van der Waals surface area contributed by atoms with Crippen LogP contribution < -0.4 is 5.63 Å². The van der Waals surface area contributed by atoms with Crippen LogP contribution in [-0.4, -0.2) is 10.1 Å². The van der Waals surface area contributed by atoms with E-state index in [1.807, 2.05) is 42.5 Å². The zero-order valence-electron chi connectivity index (χ0n) is 17.5. The van der Waals surface area contributed by atoms with Gasteiger partial charge in [0.2, 0.25) is 0 Å². The van der Waals surface area contributed by atoms with Crippen LogP contribution in [0.2, 0.25) is 0 Å². The van der Waals surface area contributed by atoms with Crippen LogP contribution >= 0.6 is 23.1 Å². The molecule has 1 N–H and O–H groups in total. The van der Waals surface area contributed by atoms with Gasteiger partial charge in [-0.3, -0.25) is 0 Å². The zero-order valence-corrected chi connectivity index (χ0v) is 19.1. The van der Waals surface area contributed by atoms with Crippen molar-refractivity contribution in [2.45, 2.75) is 21.8 Å². The molecule has 0 amide bonds. The van der Waals surface area contributed by atoms with E-state index in [0.29, 0.717) is 11.1 Å². The summed E-state index contributed by atoms with van der Waals surface area (Å²) in [7, 11) is 0. The second-order valence-electron chi connectivity index (χ2n) is 7.67. The molecule has 0 saturated heterocycles. The number of hydrogen-bond acceptors (Lipinski definition) is 6. The van der Waals surface area contributed by atoms with Gasteiger partial charge >= 0.3 is 5.63 Å². The lowest BCUT2D eigenvalue weighted by Crippen LogP contribution is -2.21. The molecule has 5 aromatic rings. The summed E-state index contributed by atoms with van der Waals surface area (Å²) < 4.78 is 19.5. The third-order valence-corrected chi connectivity index (χ3v) is 7.65. The molecule has 3 aromatic carbocycles. The Morgan fingerprint density at radius 1 is 1.03 bits per heavy atom. The number of aliphatic hydroxyl groups is 1. The highest BCUT2D eigenvalue weighted by Crippen LogP contribution is 2.39. The molecule has 0 aliphatic carbocycles. The summed E-state index contributed by atoms with van der Waals surface area (Å²) in [5.74, 6) is -0.334. The van der Waals surface area contributed by atoms with Crippen LogP contribution in [0.1, 0.15) is 17.4 Å². The molecule has 0 aliphatic heterocycles. The molecular weight excluding hydrogens is 457 g/mol. The van der Waals surface area contributed by atoms with Crippen LogP contribution in [0, 0.1) is 5.82 Å². The minimum atomic E-state index is -1.14. The first kappa shape index (κ1) is 21.6. The Morgan fingerprint density at radius 3 is 2.55 bits per heavy atom.